The maximum atomic E-state index is 12.0. The van der Waals surface area contributed by atoms with Gasteiger partial charge >= 0.3 is 0 Å². The number of carbonyl (C=O) groups excluding carboxylic acids is 1. The van der Waals surface area contributed by atoms with Crippen molar-refractivity contribution in [1.82, 2.24) is 5.32 Å². The summed E-state index contributed by atoms with van der Waals surface area (Å²) in [6.45, 7) is 1.02. The van der Waals surface area contributed by atoms with E-state index < -0.39 is 5.54 Å². The molecule has 0 saturated heterocycles. The molecule has 0 atom stereocenters. The van der Waals surface area contributed by atoms with E-state index in [1.54, 1.807) is 18.2 Å². The summed E-state index contributed by atoms with van der Waals surface area (Å²) in [4.78, 5) is 12.0. The summed E-state index contributed by atoms with van der Waals surface area (Å²) in [7, 11) is 0. The number of nitrogens with one attached hydrogen (secondary N) is 1. The van der Waals surface area contributed by atoms with Crippen LogP contribution in [-0.2, 0) is 4.79 Å². The Morgan fingerprint density at radius 2 is 2.05 bits per heavy atom. The van der Waals surface area contributed by atoms with Crippen molar-refractivity contribution in [3.63, 3.8) is 0 Å². The quantitative estimate of drug-likeness (QED) is 0.787. The Morgan fingerprint density at radius 1 is 1.33 bits per heavy atom. The van der Waals surface area contributed by atoms with Gasteiger partial charge in [0.15, 0.2) is 0 Å². The second kappa shape index (κ2) is 7.34. The number of amides is 1. The van der Waals surface area contributed by atoms with Gasteiger partial charge in [-0.25, -0.2) is 0 Å². The van der Waals surface area contributed by atoms with Crippen LogP contribution in [0, 0.1) is 0 Å². The second-order valence-corrected chi connectivity index (χ2v) is 6.24. The molecule has 1 aromatic carbocycles. The van der Waals surface area contributed by atoms with Crippen LogP contribution in [0.25, 0.3) is 0 Å². The van der Waals surface area contributed by atoms with E-state index in [1.165, 1.54) is 0 Å². The predicted octanol–water partition coefficient (Wildman–Crippen LogP) is 3.15. The summed E-state index contributed by atoms with van der Waals surface area (Å²) < 4.78 is 5.55. The van der Waals surface area contributed by atoms with E-state index in [4.69, 9.17) is 33.7 Å². The number of ether oxygens (including phenoxy) is 1. The van der Waals surface area contributed by atoms with E-state index in [0.717, 1.165) is 25.7 Å². The molecule has 1 aliphatic carbocycles. The first kappa shape index (κ1) is 16.4. The highest BCUT2D eigenvalue weighted by atomic mass is 35.5. The van der Waals surface area contributed by atoms with Gasteiger partial charge in [0.1, 0.15) is 5.75 Å². The number of hydrogen-bond donors (Lipinski definition) is 2. The van der Waals surface area contributed by atoms with Crippen LogP contribution in [0.2, 0.25) is 10.0 Å². The number of rotatable bonds is 6. The fraction of sp³-hybridized carbons (Fsp3) is 0.533. The number of nitrogens with two attached hydrogens (primary N) is 1. The number of carbonyl (C=O) groups is 1. The minimum absolute atomic E-state index is 0.0514. The Morgan fingerprint density at radius 3 is 2.71 bits per heavy atom. The van der Waals surface area contributed by atoms with Crippen LogP contribution in [0.4, 0.5) is 0 Å². The highest BCUT2D eigenvalue weighted by Gasteiger charge is 2.36. The molecule has 4 nitrogen and oxygen atoms in total. The zero-order valence-corrected chi connectivity index (χ0v) is 13.3. The fourth-order valence-corrected chi connectivity index (χ4v) is 2.92. The van der Waals surface area contributed by atoms with Gasteiger partial charge in [-0.15, -0.1) is 0 Å². The first-order valence-electron chi connectivity index (χ1n) is 7.16. The normalized spacial score (nSPS) is 16.7. The zero-order chi connectivity index (χ0) is 15.3. The Hall–Kier alpha value is -0.970. The van der Waals surface area contributed by atoms with Crippen molar-refractivity contribution in [3.8, 4) is 5.75 Å². The Balaban J connectivity index is 1.67. The second-order valence-electron chi connectivity index (χ2n) is 5.40. The van der Waals surface area contributed by atoms with Gasteiger partial charge in [-0.05, 0) is 37.5 Å². The fourth-order valence-electron chi connectivity index (χ4n) is 2.46. The summed E-state index contributed by atoms with van der Waals surface area (Å²) in [6.07, 6.45) is 4.30. The van der Waals surface area contributed by atoms with Crippen LogP contribution >= 0.6 is 23.2 Å². The molecule has 0 heterocycles. The third-order valence-corrected chi connectivity index (χ3v) is 4.24. The monoisotopic (exact) mass is 330 g/mol. The minimum Gasteiger partial charge on any atom is -0.492 e. The van der Waals surface area contributed by atoms with Gasteiger partial charge in [0.05, 0.1) is 17.2 Å². The first-order chi connectivity index (χ1) is 10.0. The Kier molecular flexibility index (Phi) is 5.73. The van der Waals surface area contributed by atoms with Crippen LogP contribution in [0.5, 0.6) is 5.75 Å². The van der Waals surface area contributed by atoms with Gasteiger partial charge in [0, 0.05) is 11.6 Å². The average Bonchev–Trinajstić information content (AvgIpc) is 2.88. The van der Waals surface area contributed by atoms with Crippen molar-refractivity contribution in [3.05, 3.63) is 28.2 Å². The number of hydrogen-bond acceptors (Lipinski definition) is 3. The standard InChI is InChI=1S/C15H20Cl2N2O2/c16-11-4-5-13(12(17)10-11)21-9-3-8-19-14(20)15(18)6-1-2-7-15/h4-5,10H,1-3,6-9,18H2,(H,19,20). The van der Waals surface area contributed by atoms with Gasteiger partial charge in [-0.1, -0.05) is 36.0 Å². The van der Waals surface area contributed by atoms with Crippen molar-refractivity contribution < 1.29 is 9.53 Å². The highest BCUT2D eigenvalue weighted by Crippen LogP contribution is 2.28. The smallest absolute Gasteiger partial charge is 0.240 e. The molecule has 0 aromatic heterocycles. The van der Waals surface area contributed by atoms with E-state index >= 15 is 0 Å². The molecule has 3 N–H and O–H groups in total. The van der Waals surface area contributed by atoms with Crippen molar-refractivity contribution in [1.29, 1.82) is 0 Å². The molecule has 1 fully saturated rings. The predicted molar refractivity (Wildman–Crippen MR) is 85.0 cm³/mol. The molecular formula is C15H20Cl2N2O2. The third kappa shape index (κ3) is 4.50. The van der Waals surface area contributed by atoms with Gasteiger partial charge in [0.25, 0.3) is 0 Å². The molecule has 2 rings (SSSR count). The lowest BCUT2D eigenvalue weighted by Crippen LogP contribution is -2.52. The summed E-state index contributed by atoms with van der Waals surface area (Å²) in [5.74, 6) is 0.544. The lowest BCUT2D eigenvalue weighted by Gasteiger charge is -2.22. The SMILES string of the molecule is NC1(C(=O)NCCCOc2ccc(Cl)cc2Cl)CCCC1. The molecule has 0 radical (unpaired) electrons. The lowest BCUT2D eigenvalue weighted by molar-refractivity contribution is -0.126. The molecule has 1 amide bonds. The van der Waals surface area contributed by atoms with Gasteiger partial charge in [0.2, 0.25) is 5.91 Å². The van der Waals surface area contributed by atoms with Crippen LogP contribution < -0.4 is 15.8 Å². The van der Waals surface area contributed by atoms with Crippen molar-refractivity contribution in [2.75, 3.05) is 13.2 Å². The van der Waals surface area contributed by atoms with E-state index in [9.17, 15) is 4.79 Å². The molecule has 116 valence electrons. The molecule has 1 aromatic rings. The van der Waals surface area contributed by atoms with Crippen LogP contribution in [-0.4, -0.2) is 24.6 Å². The van der Waals surface area contributed by atoms with E-state index in [-0.39, 0.29) is 5.91 Å². The van der Waals surface area contributed by atoms with Crippen LogP contribution in [0.1, 0.15) is 32.1 Å². The van der Waals surface area contributed by atoms with Crippen molar-refractivity contribution in [2.45, 2.75) is 37.6 Å². The highest BCUT2D eigenvalue weighted by molar-refractivity contribution is 6.35. The van der Waals surface area contributed by atoms with Gasteiger partial charge in [-0.3, -0.25) is 4.79 Å². The van der Waals surface area contributed by atoms with E-state index in [0.29, 0.717) is 35.4 Å². The molecule has 21 heavy (non-hydrogen) atoms. The van der Waals surface area contributed by atoms with E-state index in [1.807, 2.05) is 0 Å². The lowest BCUT2D eigenvalue weighted by atomic mass is 9.98. The van der Waals surface area contributed by atoms with Gasteiger partial charge < -0.3 is 15.8 Å². The average molecular weight is 331 g/mol. The van der Waals surface area contributed by atoms with E-state index in [2.05, 4.69) is 5.32 Å². The molecule has 1 aliphatic rings. The molecule has 0 unspecified atom stereocenters. The Labute approximate surface area is 134 Å². The number of halogens is 2. The Bertz CT molecular complexity index is 502. The molecule has 0 aliphatic heterocycles. The molecular weight excluding hydrogens is 311 g/mol. The largest absolute Gasteiger partial charge is 0.492 e. The summed E-state index contributed by atoms with van der Waals surface area (Å²) in [5.41, 5.74) is 5.40. The van der Waals surface area contributed by atoms with Crippen molar-refractivity contribution >= 4 is 29.1 Å². The topological polar surface area (TPSA) is 64.4 Å². The summed E-state index contributed by atoms with van der Waals surface area (Å²) >= 11 is 11.8. The molecule has 1 saturated carbocycles. The zero-order valence-electron chi connectivity index (χ0n) is 11.8. The summed E-state index contributed by atoms with van der Waals surface area (Å²) in [5, 5.41) is 3.94. The van der Waals surface area contributed by atoms with Gasteiger partial charge in [-0.2, -0.15) is 0 Å². The molecule has 0 bridgehead atoms. The van der Waals surface area contributed by atoms with Crippen LogP contribution in [0.3, 0.4) is 0 Å². The third-order valence-electron chi connectivity index (χ3n) is 3.71. The maximum Gasteiger partial charge on any atom is 0.240 e. The maximum absolute atomic E-state index is 12.0. The first-order valence-corrected chi connectivity index (χ1v) is 7.92. The molecule has 6 heteroatoms. The minimum atomic E-state index is -0.666. The number of benzene rings is 1. The van der Waals surface area contributed by atoms with Crippen LogP contribution in [0.15, 0.2) is 18.2 Å². The van der Waals surface area contributed by atoms with Crippen molar-refractivity contribution in [2.24, 2.45) is 5.73 Å². The molecule has 0 spiro atoms. The summed E-state index contributed by atoms with van der Waals surface area (Å²) in [6, 6.07) is 5.10.